The van der Waals surface area contributed by atoms with Crippen molar-refractivity contribution in [3.63, 3.8) is 0 Å². The number of rotatable bonds is 4. The highest BCUT2D eigenvalue weighted by Crippen LogP contribution is 2.31. The molecule has 1 amide bonds. The summed E-state index contributed by atoms with van der Waals surface area (Å²) in [7, 11) is -4.03. The van der Waals surface area contributed by atoms with E-state index < -0.39 is 22.5 Å². The number of halogens is 1. The topological polar surface area (TPSA) is 78.8 Å². The Bertz CT molecular complexity index is 1330. The third-order valence-corrected chi connectivity index (χ3v) is 7.14. The molecule has 1 aliphatic rings. The van der Waals surface area contributed by atoms with Gasteiger partial charge >= 0.3 is 0 Å². The summed E-state index contributed by atoms with van der Waals surface area (Å²) >= 11 is 6.15. The molecule has 6 nitrogen and oxygen atoms in total. The van der Waals surface area contributed by atoms with E-state index in [9.17, 15) is 13.2 Å². The van der Waals surface area contributed by atoms with Gasteiger partial charge in [-0.25, -0.2) is 0 Å². The number of hydrazone groups is 1. The first-order valence-corrected chi connectivity index (χ1v) is 11.8. The summed E-state index contributed by atoms with van der Waals surface area (Å²) in [5, 5.41) is 7.62. The number of nitrogens with zero attached hydrogens (tertiary/aromatic N) is 2. The van der Waals surface area contributed by atoms with Crippen LogP contribution in [-0.2, 0) is 14.8 Å². The van der Waals surface area contributed by atoms with E-state index in [1.807, 2.05) is 63.2 Å². The van der Waals surface area contributed by atoms with E-state index in [0.29, 0.717) is 22.0 Å². The maximum atomic E-state index is 13.3. The number of aryl methyl sites for hydroxylation is 3. The van der Waals surface area contributed by atoms with Crippen molar-refractivity contribution in [3.8, 4) is 0 Å². The molecule has 3 aromatic rings. The number of hydrogen-bond donors (Lipinski definition) is 1. The van der Waals surface area contributed by atoms with Crippen LogP contribution in [0.15, 0.2) is 70.7 Å². The molecule has 0 atom stereocenters. The first-order valence-electron chi connectivity index (χ1n) is 10.0. The van der Waals surface area contributed by atoms with Crippen LogP contribution in [0.2, 0.25) is 5.02 Å². The summed E-state index contributed by atoms with van der Waals surface area (Å²) in [5.41, 5.74) is 5.15. The van der Waals surface area contributed by atoms with Gasteiger partial charge in [0, 0.05) is 21.8 Å². The number of sulfonamides is 1. The summed E-state index contributed by atoms with van der Waals surface area (Å²) in [4.78, 5) is 12.9. The van der Waals surface area contributed by atoms with Gasteiger partial charge in [0.2, 0.25) is 5.91 Å². The zero-order chi connectivity index (χ0) is 23.0. The van der Waals surface area contributed by atoms with Gasteiger partial charge in [0.15, 0.2) is 0 Å². The van der Waals surface area contributed by atoms with Crippen LogP contribution in [-0.4, -0.2) is 31.0 Å². The number of nitrogens with one attached hydrogen (secondary N) is 1. The molecule has 0 aromatic heterocycles. The lowest BCUT2D eigenvalue weighted by molar-refractivity contribution is -0.116. The Morgan fingerprint density at radius 3 is 2.31 bits per heavy atom. The van der Waals surface area contributed by atoms with Gasteiger partial charge in [-0.15, -0.1) is 0 Å². The highest BCUT2D eigenvalue weighted by atomic mass is 35.5. The number of benzene rings is 3. The van der Waals surface area contributed by atoms with Gasteiger partial charge in [-0.2, -0.15) is 17.9 Å². The van der Waals surface area contributed by atoms with Gasteiger partial charge in [-0.1, -0.05) is 59.6 Å². The summed E-state index contributed by atoms with van der Waals surface area (Å²) in [6.45, 7) is 5.33. The standard InChI is InChI=1S/C24H22ClN3O3S/c1-15-11-16(2)23(17(3)12-15)26-22(29)14-28-27-24(18-7-5-4-6-8-18)20-13-19(25)9-10-21(20)32(28,30)31/h4-13H,14H2,1-3H3,(H,26,29). The molecule has 4 rings (SSSR count). The Morgan fingerprint density at radius 1 is 1.00 bits per heavy atom. The lowest BCUT2D eigenvalue weighted by Gasteiger charge is -2.27. The Kier molecular flexibility index (Phi) is 5.79. The SMILES string of the molecule is Cc1cc(C)c(NC(=O)CN2N=C(c3ccccc3)c3cc(Cl)ccc3S2(=O)=O)c(C)c1. The molecule has 1 aliphatic heterocycles. The molecule has 0 radical (unpaired) electrons. The zero-order valence-electron chi connectivity index (χ0n) is 17.9. The molecule has 3 aromatic carbocycles. The van der Waals surface area contributed by atoms with Crippen molar-refractivity contribution >= 4 is 38.9 Å². The molecule has 1 N–H and O–H groups in total. The second kappa shape index (κ2) is 8.41. The molecule has 0 bridgehead atoms. The minimum atomic E-state index is -4.03. The molecular weight excluding hydrogens is 446 g/mol. The normalized spacial score (nSPS) is 14.5. The summed E-state index contributed by atoms with van der Waals surface area (Å²) in [6, 6.07) is 17.7. The second-order valence-corrected chi connectivity index (χ2v) is 10.0. The minimum absolute atomic E-state index is 0.0613. The van der Waals surface area contributed by atoms with Crippen molar-refractivity contribution in [2.24, 2.45) is 5.10 Å². The molecule has 1 heterocycles. The third-order valence-electron chi connectivity index (χ3n) is 5.23. The largest absolute Gasteiger partial charge is 0.324 e. The van der Waals surface area contributed by atoms with E-state index in [4.69, 9.17) is 11.6 Å². The molecule has 0 saturated heterocycles. The highest BCUT2D eigenvalue weighted by molar-refractivity contribution is 7.89. The maximum absolute atomic E-state index is 13.3. The smallest absolute Gasteiger partial charge is 0.280 e. The van der Waals surface area contributed by atoms with Crippen LogP contribution >= 0.6 is 11.6 Å². The predicted molar refractivity (Wildman–Crippen MR) is 127 cm³/mol. The van der Waals surface area contributed by atoms with E-state index in [-0.39, 0.29) is 4.90 Å². The fraction of sp³-hybridized carbons (Fsp3) is 0.167. The van der Waals surface area contributed by atoms with Crippen molar-refractivity contribution in [2.45, 2.75) is 25.7 Å². The molecule has 0 spiro atoms. The summed E-state index contributed by atoms with van der Waals surface area (Å²) < 4.78 is 27.4. The average Bonchev–Trinajstić information content (AvgIpc) is 2.73. The van der Waals surface area contributed by atoms with Crippen LogP contribution in [0.3, 0.4) is 0 Å². The molecule has 164 valence electrons. The molecule has 0 aliphatic carbocycles. The van der Waals surface area contributed by atoms with Crippen molar-refractivity contribution in [1.82, 2.24) is 4.41 Å². The summed E-state index contributed by atoms with van der Waals surface area (Å²) in [5.74, 6) is -0.475. The second-order valence-electron chi connectivity index (χ2n) is 7.76. The zero-order valence-corrected chi connectivity index (χ0v) is 19.5. The Labute approximate surface area is 192 Å². The Hall–Kier alpha value is -3.16. The number of fused-ring (bicyclic) bond motifs is 1. The first-order chi connectivity index (χ1) is 15.2. The molecule has 0 fully saturated rings. The van der Waals surface area contributed by atoms with Crippen molar-refractivity contribution in [1.29, 1.82) is 0 Å². The first kappa shape index (κ1) is 22.0. The van der Waals surface area contributed by atoms with Crippen LogP contribution in [0.4, 0.5) is 5.69 Å². The fourth-order valence-corrected chi connectivity index (χ4v) is 5.40. The maximum Gasteiger partial charge on any atom is 0.280 e. The van der Waals surface area contributed by atoms with E-state index >= 15 is 0 Å². The van der Waals surface area contributed by atoms with Gasteiger partial charge in [-0.05, 0) is 50.1 Å². The Morgan fingerprint density at radius 2 is 1.66 bits per heavy atom. The lowest BCUT2D eigenvalue weighted by atomic mass is 10.0. The van der Waals surface area contributed by atoms with Gasteiger partial charge in [-0.3, -0.25) is 4.79 Å². The average molecular weight is 468 g/mol. The number of hydrogen-bond acceptors (Lipinski definition) is 4. The van der Waals surface area contributed by atoms with Crippen molar-refractivity contribution in [2.75, 3.05) is 11.9 Å². The van der Waals surface area contributed by atoms with Crippen LogP contribution in [0.5, 0.6) is 0 Å². The Balaban J connectivity index is 1.72. The molecule has 8 heteroatoms. The van der Waals surface area contributed by atoms with Crippen molar-refractivity contribution < 1.29 is 13.2 Å². The number of carbonyl (C=O) groups excluding carboxylic acids is 1. The quantitative estimate of drug-likeness (QED) is 0.606. The lowest BCUT2D eigenvalue weighted by Crippen LogP contribution is -2.38. The van der Waals surface area contributed by atoms with E-state index in [1.165, 1.54) is 12.1 Å². The van der Waals surface area contributed by atoms with Gasteiger partial charge in [0.25, 0.3) is 10.0 Å². The summed E-state index contributed by atoms with van der Waals surface area (Å²) in [6.07, 6.45) is 0. The number of anilines is 1. The number of carbonyl (C=O) groups is 1. The van der Waals surface area contributed by atoms with Crippen LogP contribution in [0.25, 0.3) is 0 Å². The van der Waals surface area contributed by atoms with Gasteiger partial charge < -0.3 is 5.32 Å². The van der Waals surface area contributed by atoms with Crippen LogP contribution in [0, 0.1) is 20.8 Å². The minimum Gasteiger partial charge on any atom is -0.324 e. The van der Waals surface area contributed by atoms with Crippen LogP contribution < -0.4 is 5.32 Å². The van der Waals surface area contributed by atoms with E-state index in [1.54, 1.807) is 6.07 Å². The molecule has 0 unspecified atom stereocenters. The van der Waals surface area contributed by atoms with Gasteiger partial charge in [0.1, 0.15) is 12.3 Å². The van der Waals surface area contributed by atoms with E-state index in [2.05, 4.69) is 10.4 Å². The predicted octanol–water partition coefficient (Wildman–Crippen LogP) is 4.66. The third kappa shape index (κ3) is 4.13. The van der Waals surface area contributed by atoms with Crippen LogP contribution in [0.1, 0.15) is 27.8 Å². The molecular formula is C24H22ClN3O3S. The van der Waals surface area contributed by atoms with Crippen molar-refractivity contribution in [3.05, 3.63) is 93.5 Å². The number of amides is 1. The van der Waals surface area contributed by atoms with Gasteiger partial charge in [0.05, 0.1) is 4.90 Å². The van der Waals surface area contributed by atoms with E-state index in [0.717, 1.165) is 26.7 Å². The molecule has 32 heavy (non-hydrogen) atoms. The monoisotopic (exact) mass is 467 g/mol. The highest BCUT2D eigenvalue weighted by Gasteiger charge is 2.34. The fourth-order valence-electron chi connectivity index (χ4n) is 3.85. The molecule has 0 saturated carbocycles.